The first-order chi connectivity index (χ1) is 8.74. The smallest absolute Gasteiger partial charge is 0.273 e. The van der Waals surface area contributed by atoms with E-state index >= 15 is 0 Å². The van der Waals surface area contributed by atoms with Crippen LogP contribution in [0.5, 0.6) is 0 Å². The number of hydrogen-bond donors (Lipinski definition) is 1. The number of nitrogens with zero attached hydrogens (tertiary/aromatic N) is 2. The zero-order chi connectivity index (χ0) is 13.0. The summed E-state index contributed by atoms with van der Waals surface area (Å²) in [6.07, 6.45) is 0. The molecule has 2 aromatic heterocycles. The number of aromatic nitrogens is 1. The monoisotopic (exact) mass is 281 g/mol. The minimum atomic E-state index is -0.0261. The molecule has 2 heterocycles. The van der Waals surface area contributed by atoms with Crippen molar-refractivity contribution >= 4 is 28.6 Å². The van der Waals surface area contributed by atoms with Crippen LogP contribution in [0.2, 0.25) is 0 Å². The van der Waals surface area contributed by atoms with Crippen molar-refractivity contribution in [1.29, 1.82) is 0 Å². The topological polar surface area (TPSA) is 59.2 Å². The molecule has 2 rings (SSSR count). The number of thiophene rings is 1. The van der Waals surface area contributed by atoms with E-state index in [1.165, 1.54) is 16.2 Å². The molecule has 0 unspecified atom stereocenters. The Kier molecular flexibility index (Phi) is 4.46. The SMILES string of the molecule is CCN(Cc1cccs1)C(=O)c1csc(CN)n1. The molecule has 0 aliphatic rings. The van der Waals surface area contributed by atoms with Crippen LogP contribution in [0, 0.1) is 0 Å². The maximum absolute atomic E-state index is 12.3. The van der Waals surface area contributed by atoms with E-state index in [0.717, 1.165) is 5.01 Å². The lowest BCUT2D eigenvalue weighted by Crippen LogP contribution is -2.30. The molecule has 96 valence electrons. The van der Waals surface area contributed by atoms with Gasteiger partial charge >= 0.3 is 0 Å². The predicted octanol–water partition coefficient (Wildman–Crippen LogP) is 2.33. The largest absolute Gasteiger partial charge is 0.332 e. The fraction of sp³-hybridized carbons (Fsp3) is 0.333. The molecule has 0 aromatic carbocycles. The lowest BCUT2D eigenvalue weighted by Gasteiger charge is -2.18. The highest BCUT2D eigenvalue weighted by Gasteiger charge is 2.17. The van der Waals surface area contributed by atoms with Crippen molar-refractivity contribution in [3.63, 3.8) is 0 Å². The number of carbonyl (C=O) groups excluding carboxylic acids is 1. The normalized spacial score (nSPS) is 10.6. The number of amides is 1. The molecule has 0 bridgehead atoms. The van der Waals surface area contributed by atoms with Gasteiger partial charge in [0.25, 0.3) is 5.91 Å². The van der Waals surface area contributed by atoms with Crippen molar-refractivity contribution in [3.05, 3.63) is 38.5 Å². The van der Waals surface area contributed by atoms with Crippen molar-refractivity contribution in [2.24, 2.45) is 5.73 Å². The fourth-order valence-corrected chi connectivity index (χ4v) is 2.95. The van der Waals surface area contributed by atoms with Crippen LogP contribution in [-0.2, 0) is 13.1 Å². The molecule has 2 aromatic rings. The van der Waals surface area contributed by atoms with Gasteiger partial charge in [0.05, 0.1) is 6.54 Å². The van der Waals surface area contributed by atoms with E-state index in [2.05, 4.69) is 4.98 Å². The standard InChI is InChI=1S/C12H15N3OS2/c1-2-15(7-9-4-3-5-17-9)12(16)10-8-18-11(6-13)14-10/h3-5,8H,2,6-7,13H2,1H3. The molecule has 4 nitrogen and oxygen atoms in total. The van der Waals surface area contributed by atoms with Crippen LogP contribution in [0.1, 0.15) is 27.3 Å². The van der Waals surface area contributed by atoms with Gasteiger partial charge in [-0.3, -0.25) is 4.79 Å². The van der Waals surface area contributed by atoms with Gasteiger partial charge in [0.15, 0.2) is 0 Å². The second-order valence-electron chi connectivity index (χ2n) is 3.73. The van der Waals surface area contributed by atoms with E-state index in [1.807, 2.05) is 24.4 Å². The summed E-state index contributed by atoms with van der Waals surface area (Å²) in [6.45, 7) is 3.67. The quantitative estimate of drug-likeness (QED) is 0.915. The third-order valence-corrected chi connectivity index (χ3v) is 4.27. The molecule has 0 spiro atoms. The summed E-state index contributed by atoms with van der Waals surface area (Å²) in [5.41, 5.74) is 6.01. The Hall–Kier alpha value is -1.24. The van der Waals surface area contributed by atoms with E-state index in [4.69, 9.17) is 5.73 Å². The van der Waals surface area contributed by atoms with E-state index < -0.39 is 0 Å². The summed E-state index contributed by atoms with van der Waals surface area (Å²) >= 11 is 3.09. The highest BCUT2D eigenvalue weighted by molar-refractivity contribution is 7.10. The first-order valence-electron chi connectivity index (χ1n) is 5.70. The maximum Gasteiger partial charge on any atom is 0.273 e. The highest BCUT2D eigenvalue weighted by Crippen LogP contribution is 2.16. The summed E-state index contributed by atoms with van der Waals surface area (Å²) in [6, 6.07) is 4.03. The van der Waals surface area contributed by atoms with Gasteiger partial charge in [0.2, 0.25) is 0 Å². The molecule has 0 atom stereocenters. The van der Waals surface area contributed by atoms with Crippen molar-refractivity contribution in [3.8, 4) is 0 Å². The second-order valence-corrected chi connectivity index (χ2v) is 5.70. The molecule has 18 heavy (non-hydrogen) atoms. The molecular weight excluding hydrogens is 266 g/mol. The third kappa shape index (κ3) is 2.95. The van der Waals surface area contributed by atoms with Crippen molar-refractivity contribution in [1.82, 2.24) is 9.88 Å². The predicted molar refractivity (Wildman–Crippen MR) is 74.7 cm³/mol. The van der Waals surface area contributed by atoms with E-state index in [1.54, 1.807) is 21.6 Å². The van der Waals surface area contributed by atoms with E-state index in [9.17, 15) is 4.79 Å². The summed E-state index contributed by atoms with van der Waals surface area (Å²) in [7, 11) is 0. The van der Waals surface area contributed by atoms with Gasteiger partial charge in [-0.25, -0.2) is 4.98 Å². The zero-order valence-corrected chi connectivity index (χ0v) is 11.8. The van der Waals surface area contributed by atoms with Crippen LogP contribution in [0.15, 0.2) is 22.9 Å². The van der Waals surface area contributed by atoms with Gasteiger partial charge in [0.1, 0.15) is 10.7 Å². The summed E-state index contributed by atoms with van der Waals surface area (Å²) in [5, 5.41) is 4.59. The number of thiazole rings is 1. The first-order valence-corrected chi connectivity index (χ1v) is 7.46. The first kappa shape index (κ1) is 13.2. The number of carbonyl (C=O) groups is 1. The maximum atomic E-state index is 12.3. The third-order valence-electron chi connectivity index (χ3n) is 2.54. The number of nitrogens with two attached hydrogens (primary N) is 1. The Morgan fingerprint density at radius 3 is 2.89 bits per heavy atom. The molecule has 0 saturated carbocycles. The van der Waals surface area contributed by atoms with Crippen molar-refractivity contribution in [2.75, 3.05) is 6.54 Å². The van der Waals surface area contributed by atoms with Crippen LogP contribution >= 0.6 is 22.7 Å². The number of rotatable bonds is 5. The van der Waals surface area contributed by atoms with Crippen LogP contribution in [-0.4, -0.2) is 22.3 Å². The van der Waals surface area contributed by atoms with Crippen molar-refractivity contribution < 1.29 is 4.79 Å². The average molecular weight is 281 g/mol. The molecule has 0 aliphatic carbocycles. The van der Waals surface area contributed by atoms with Crippen LogP contribution in [0.4, 0.5) is 0 Å². The Morgan fingerprint density at radius 1 is 1.50 bits per heavy atom. The Balaban J connectivity index is 2.09. The van der Waals surface area contributed by atoms with Gasteiger partial charge in [-0.2, -0.15) is 0 Å². The Morgan fingerprint density at radius 2 is 2.33 bits per heavy atom. The molecule has 0 radical (unpaired) electrons. The van der Waals surface area contributed by atoms with Crippen LogP contribution in [0.25, 0.3) is 0 Å². The summed E-state index contributed by atoms with van der Waals surface area (Å²) < 4.78 is 0. The number of hydrogen-bond acceptors (Lipinski definition) is 5. The average Bonchev–Trinajstić information content (AvgIpc) is 3.06. The van der Waals surface area contributed by atoms with E-state index in [-0.39, 0.29) is 5.91 Å². The van der Waals surface area contributed by atoms with Crippen molar-refractivity contribution in [2.45, 2.75) is 20.0 Å². The van der Waals surface area contributed by atoms with Gasteiger partial charge in [-0.15, -0.1) is 22.7 Å². The Bertz CT molecular complexity index is 507. The summed E-state index contributed by atoms with van der Waals surface area (Å²) in [5.74, 6) is -0.0261. The molecule has 1 amide bonds. The van der Waals surface area contributed by atoms with Gasteiger partial charge in [-0.05, 0) is 18.4 Å². The minimum Gasteiger partial charge on any atom is -0.332 e. The van der Waals surface area contributed by atoms with Gasteiger partial charge in [-0.1, -0.05) is 6.07 Å². The van der Waals surface area contributed by atoms with Gasteiger partial charge in [0, 0.05) is 23.3 Å². The molecule has 0 aliphatic heterocycles. The highest BCUT2D eigenvalue weighted by atomic mass is 32.1. The molecule has 0 fully saturated rings. The zero-order valence-electron chi connectivity index (χ0n) is 10.1. The lowest BCUT2D eigenvalue weighted by molar-refractivity contribution is 0.0749. The van der Waals surface area contributed by atoms with Crippen LogP contribution < -0.4 is 5.73 Å². The van der Waals surface area contributed by atoms with E-state index in [0.29, 0.717) is 25.3 Å². The van der Waals surface area contributed by atoms with Crippen LogP contribution in [0.3, 0.4) is 0 Å². The molecule has 6 heteroatoms. The lowest BCUT2D eigenvalue weighted by atomic mass is 10.3. The second kappa shape index (κ2) is 6.08. The van der Waals surface area contributed by atoms with Gasteiger partial charge < -0.3 is 10.6 Å². The Labute approximate surface area is 114 Å². The molecule has 0 saturated heterocycles. The minimum absolute atomic E-state index is 0.0261. The molecule has 2 N–H and O–H groups in total. The summed E-state index contributed by atoms with van der Waals surface area (Å²) in [4.78, 5) is 19.5. The molecular formula is C12H15N3OS2. The fourth-order valence-electron chi connectivity index (χ4n) is 1.58.